The average Bonchev–Trinajstić information content (AvgIpc) is 2.32. The number of nitro groups is 1. The number of nitrogens with zero attached hydrogens (tertiary/aromatic N) is 1. The number of nitro benzene ring substituents is 1. The molecule has 0 bridgehead atoms. The summed E-state index contributed by atoms with van der Waals surface area (Å²) in [7, 11) is 0. The van der Waals surface area contributed by atoms with Crippen molar-refractivity contribution in [2.45, 2.75) is 38.0 Å². The summed E-state index contributed by atoms with van der Waals surface area (Å²) in [6.45, 7) is 0. The molecule has 0 radical (unpaired) electrons. The van der Waals surface area contributed by atoms with Gasteiger partial charge in [0.2, 0.25) is 0 Å². The van der Waals surface area contributed by atoms with Crippen LogP contribution in [0.4, 0.5) is 5.69 Å². The molecule has 0 saturated heterocycles. The number of hydrogen-bond donors (Lipinski definition) is 0. The van der Waals surface area contributed by atoms with Crippen LogP contribution in [-0.4, -0.2) is 4.92 Å². The van der Waals surface area contributed by atoms with Gasteiger partial charge in [0, 0.05) is 0 Å². The Morgan fingerprint density at radius 1 is 1.12 bits per heavy atom. The van der Waals surface area contributed by atoms with E-state index >= 15 is 0 Å². The van der Waals surface area contributed by atoms with Gasteiger partial charge in [0.25, 0.3) is 5.69 Å². The Morgan fingerprint density at radius 2 is 1.71 bits per heavy atom. The number of halogens is 2. The molecule has 0 aromatic heterocycles. The zero-order valence-corrected chi connectivity index (χ0v) is 10.8. The van der Waals surface area contributed by atoms with E-state index in [0.717, 1.165) is 25.7 Å². The lowest BCUT2D eigenvalue weighted by Crippen LogP contribution is -2.08. The third-order valence-corrected chi connectivity index (χ3v) is 3.95. The maximum atomic E-state index is 11.1. The molecule has 1 aliphatic carbocycles. The fourth-order valence-electron chi connectivity index (χ4n) is 2.52. The van der Waals surface area contributed by atoms with Gasteiger partial charge in [-0.2, -0.15) is 0 Å². The normalized spacial score (nSPS) is 17.1. The molecule has 92 valence electrons. The van der Waals surface area contributed by atoms with E-state index in [4.69, 9.17) is 23.2 Å². The number of rotatable bonds is 2. The van der Waals surface area contributed by atoms with Gasteiger partial charge in [-0.05, 0) is 30.9 Å². The van der Waals surface area contributed by atoms with Gasteiger partial charge in [0.15, 0.2) is 0 Å². The Labute approximate surface area is 110 Å². The first-order valence-electron chi connectivity index (χ1n) is 5.73. The highest BCUT2D eigenvalue weighted by atomic mass is 35.5. The van der Waals surface area contributed by atoms with Crippen molar-refractivity contribution in [3.63, 3.8) is 0 Å². The minimum absolute atomic E-state index is 0.00827. The van der Waals surface area contributed by atoms with E-state index in [1.807, 2.05) is 0 Å². The summed E-state index contributed by atoms with van der Waals surface area (Å²) >= 11 is 12.0. The second-order valence-corrected chi connectivity index (χ2v) is 5.20. The zero-order valence-electron chi connectivity index (χ0n) is 9.29. The standard InChI is InChI=1S/C12H13Cl2NO2/c13-9-6-7-10(14)12(15(16)17)11(9)8-4-2-1-3-5-8/h6-8H,1-5H2. The predicted octanol–water partition coefficient (Wildman–Crippen LogP) is 4.95. The minimum atomic E-state index is -0.418. The number of hydrogen-bond acceptors (Lipinski definition) is 2. The van der Waals surface area contributed by atoms with Gasteiger partial charge in [-0.15, -0.1) is 0 Å². The van der Waals surface area contributed by atoms with Gasteiger partial charge in [-0.25, -0.2) is 0 Å². The van der Waals surface area contributed by atoms with Crippen LogP contribution in [0.1, 0.15) is 43.6 Å². The SMILES string of the molecule is O=[N+]([O-])c1c(Cl)ccc(Cl)c1C1CCCCC1. The highest BCUT2D eigenvalue weighted by molar-refractivity contribution is 6.35. The van der Waals surface area contributed by atoms with Crippen LogP contribution >= 0.6 is 23.2 Å². The summed E-state index contributed by atoms with van der Waals surface area (Å²) in [4.78, 5) is 10.7. The Kier molecular flexibility index (Phi) is 3.89. The molecule has 3 nitrogen and oxygen atoms in total. The fourth-order valence-corrected chi connectivity index (χ4v) is 3.06. The van der Waals surface area contributed by atoms with Crippen molar-refractivity contribution in [2.24, 2.45) is 0 Å². The van der Waals surface area contributed by atoms with Gasteiger partial charge in [-0.3, -0.25) is 10.1 Å². The topological polar surface area (TPSA) is 43.1 Å². The highest BCUT2D eigenvalue weighted by Crippen LogP contribution is 2.43. The molecule has 0 N–H and O–H groups in total. The molecule has 0 spiro atoms. The van der Waals surface area contributed by atoms with Gasteiger partial charge in [0.05, 0.1) is 15.5 Å². The summed E-state index contributed by atoms with van der Waals surface area (Å²) < 4.78 is 0. The molecular formula is C12H13Cl2NO2. The van der Waals surface area contributed by atoms with Crippen LogP contribution < -0.4 is 0 Å². The van der Waals surface area contributed by atoms with E-state index in [-0.39, 0.29) is 16.6 Å². The molecule has 1 aromatic carbocycles. The van der Waals surface area contributed by atoms with Crippen LogP contribution in [0.5, 0.6) is 0 Å². The van der Waals surface area contributed by atoms with Crippen molar-refractivity contribution in [2.75, 3.05) is 0 Å². The van der Waals surface area contributed by atoms with Gasteiger partial charge in [0.1, 0.15) is 5.02 Å². The van der Waals surface area contributed by atoms with Crippen molar-refractivity contribution in [3.05, 3.63) is 37.9 Å². The quantitative estimate of drug-likeness (QED) is 0.565. The van der Waals surface area contributed by atoms with E-state index in [2.05, 4.69) is 0 Å². The lowest BCUT2D eigenvalue weighted by Gasteiger charge is -2.22. The van der Waals surface area contributed by atoms with Gasteiger partial charge < -0.3 is 0 Å². The number of benzene rings is 1. The Morgan fingerprint density at radius 3 is 2.29 bits per heavy atom. The van der Waals surface area contributed by atoms with Crippen molar-refractivity contribution < 1.29 is 4.92 Å². The monoisotopic (exact) mass is 273 g/mol. The maximum absolute atomic E-state index is 11.1. The third-order valence-electron chi connectivity index (χ3n) is 3.31. The maximum Gasteiger partial charge on any atom is 0.292 e. The zero-order chi connectivity index (χ0) is 12.4. The van der Waals surface area contributed by atoms with Gasteiger partial charge >= 0.3 is 0 Å². The average molecular weight is 274 g/mol. The van der Waals surface area contributed by atoms with E-state index < -0.39 is 4.92 Å². The van der Waals surface area contributed by atoms with Crippen molar-refractivity contribution >= 4 is 28.9 Å². The van der Waals surface area contributed by atoms with Gasteiger partial charge in [-0.1, -0.05) is 42.5 Å². The van der Waals surface area contributed by atoms with Crippen LogP contribution in [0.3, 0.4) is 0 Å². The predicted molar refractivity (Wildman–Crippen MR) is 68.9 cm³/mol. The summed E-state index contributed by atoms with van der Waals surface area (Å²) in [5, 5.41) is 11.7. The van der Waals surface area contributed by atoms with E-state index in [0.29, 0.717) is 10.6 Å². The van der Waals surface area contributed by atoms with Crippen LogP contribution in [0.15, 0.2) is 12.1 Å². The van der Waals surface area contributed by atoms with Crippen LogP contribution in [0.2, 0.25) is 10.0 Å². The Balaban J connectivity index is 2.49. The molecule has 2 rings (SSSR count). The second-order valence-electron chi connectivity index (χ2n) is 4.38. The first-order chi connectivity index (χ1) is 8.11. The molecule has 17 heavy (non-hydrogen) atoms. The minimum Gasteiger partial charge on any atom is -0.258 e. The van der Waals surface area contributed by atoms with Crippen molar-refractivity contribution in [3.8, 4) is 0 Å². The third kappa shape index (κ3) is 2.55. The molecule has 1 aliphatic rings. The first kappa shape index (κ1) is 12.7. The first-order valence-corrected chi connectivity index (χ1v) is 6.49. The molecule has 1 saturated carbocycles. The molecule has 1 fully saturated rings. The van der Waals surface area contributed by atoms with Crippen LogP contribution in [0.25, 0.3) is 0 Å². The van der Waals surface area contributed by atoms with Crippen LogP contribution in [-0.2, 0) is 0 Å². The molecule has 0 atom stereocenters. The van der Waals surface area contributed by atoms with E-state index in [1.165, 1.54) is 12.5 Å². The molecule has 0 heterocycles. The van der Waals surface area contributed by atoms with Crippen molar-refractivity contribution in [1.82, 2.24) is 0 Å². The summed E-state index contributed by atoms with van der Waals surface area (Å²) in [6, 6.07) is 3.15. The fraction of sp³-hybridized carbons (Fsp3) is 0.500. The van der Waals surface area contributed by atoms with E-state index in [1.54, 1.807) is 6.07 Å². The smallest absolute Gasteiger partial charge is 0.258 e. The molecule has 0 unspecified atom stereocenters. The summed E-state index contributed by atoms with van der Waals surface area (Å²) in [5.74, 6) is 0.176. The second kappa shape index (κ2) is 5.23. The summed E-state index contributed by atoms with van der Waals surface area (Å²) in [5.41, 5.74) is 0.620. The largest absolute Gasteiger partial charge is 0.292 e. The lowest BCUT2D eigenvalue weighted by atomic mass is 9.83. The molecule has 5 heteroatoms. The Bertz CT molecular complexity index is 442. The highest BCUT2D eigenvalue weighted by Gasteiger charge is 2.28. The molecule has 1 aromatic rings. The summed E-state index contributed by atoms with van der Waals surface area (Å²) in [6.07, 6.45) is 5.32. The molecular weight excluding hydrogens is 261 g/mol. The van der Waals surface area contributed by atoms with E-state index in [9.17, 15) is 10.1 Å². The van der Waals surface area contributed by atoms with Crippen molar-refractivity contribution in [1.29, 1.82) is 0 Å². The molecule has 0 amide bonds. The Hall–Kier alpha value is -0.800. The van der Waals surface area contributed by atoms with Crippen LogP contribution in [0, 0.1) is 10.1 Å². The lowest BCUT2D eigenvalue weighted by molar-refractivity contribution is -0.385. The molecule has 0 aliphatic heterocycles.